The van der Waals surface area contributed by atoms with Crippen molar-refractivity contribution in [1.29, 1.82) is 0 Å². The first-order valence-electron chi connectivity index (χ1n) is 8.34. The lowest BCUT2D eigenvalue weighted by molar-refractivity contribution is 0.340. The van der Waals surface area contributed by atoms with Gasteiger partial charge in [0, 0.05) is 18.3 Å². The number of hydrogen-bond donors (Lipinski definition) is 2. The van der Waals surface area contributed by atoms with E-state index in [9.17, 15) is 0 Å². The summed E-state index contributed by atoms with van der Waals surface area (Å²) in [6.45, 7) is 5.44. The molecule has 0 spiro atoms. The summed E-state index contributed by atoms with van der Waals surface area (Å²) in [7, 11) is 0. The summed E-state index contributed by atoms with van der Waals surface area (Å²) >= 11 is 0. The van der Waals surface area contributed by atoms with Crippen molar-refractivity contribution in [3.05, 3.63) is 72.1 Å². The Hall–Kier alpha value is -3.08. The second-order valence-corrected chi connectivity index (χ2v) is 5.71. The number of benzene rings is 2. The first-order chi connectivity index (χ1) is 12.2. The first-order valence-corrected chi connectivity index (χ1v) is 8.34. The van der Waals surface area contributed by atoms with Gasteiger partial charge < -0.3 is 15.4 Å². The molecule has 1 heterocycles. The maximum Gasteiger partial charge on any atom is 0.135 e. The third-order valence-electron chi connectivity index (χ3n) is 3.70. The van der Waals surface area contributed by atoms with E-state index >= 15 is 0 Å². The molecule has 3 rings (SSSR count). The van der Waals surface area contributed by atoms with Gasteiger partial charge >= 0.3 is 0 Å². The van der Waals surface area contributed by atoms with E-state index in [0.29, 0.717) is 6.61 Å². The fourth-order valence-corrected chi connectivity index (χ4v) is 2.37. The molecule has 0 radical (unpaired) electrons. The highest BCUT2D eigenvalue weighted by Crippen LogP contribution is 2.20. The fourth-order valence-electron chi connectivity index (χ4n) is 2.37. The lowest BCUT2D eigenvalue weighted by Gasteiger charge is -2.10. The van der Waals surface area contributed by atoms with E-state index in [2.05, 4.69) is 51.8 Å². The molecule has 0 fully saturated rings. The number of nitrogens with zero attached hydrogens (tertiary/aromatic N) is 2. The van der Waals surface area contributed by atoms with Crippen molar-refractivity contribution in [3.8, 4) is 5.75 Å². The van der Waals surface area contributed by atoms with E-state index in [-0.39, 0.29) is 0 Å². The molecule has 0 aliphatic carbocycles. The van der Waals surface area contributed by atoms with Gasteiger partial charge in [-0.1, -0.05) is 29.8 Å². The highest BCUT2D eigenvalue weighted by Gasteiger charge is 2.01. The molecule has 0 amide bonds. The van der Waals surface area contributed by atoms with Crippen LogP contribution in [0.15, 0.2) is 60.9 Å². The van der Waals surface area contributed by atoms with Crippen LogP contribution in [0.1, 0.15) is 18.1 Å². The van der Waals surface area contributed by atoms with Crippen molar-refractivity contribution in [2.24, 2.45) is 0 Å². The van der Waals surface area contributed by atoms with Crippen LogP contribution in [0.3, 0.4) is 0 Å². The van der Waals surface area contributed by atoms with Crippen molar-refractivity contribution in [2.45, 2.75) is 20.4 Å². The maximum absolute atomic E-state index is 5.45. The molecule has 25 heavy (non-hydrogen) atoms. The molecule has 1 aromatic heterocycles. The lowest BCUT2D eigenvalue weighted by atomic mass is 10.1. The van der Waals surface area contributed by atoms with Gasteiger partial charge in [-0.15, -0.1) is 0 Å². The summed E-state index contributed by atoms with van der Waals surface area (Å²) in [5, 5.41) is 6.59. The molecule has 0 unspecified atom stereocenters. The predicted octanol–water partition coefficient (Wildman–Crippen LogP) is 4.54. The molecule has 0 aliphatic heterocycles. The van der Waals surface area contributed by atoms with Crippen molar-refractivity contribution >= 4 is 17.3 Å². The lowest BCUT2D eigenvalue weighted by Crippen LogP contribution is -2.03. The van der Waals surface area contributed by atoms with Crippen LogP contribution >= 0.6 is 0 Å². The number of nitrogens with one attached hydrogen (secondary N) is 2. The van der Waals surface area contributed by atoms with Gasteiger partial charge in [0.25, 0.3) is 0 Å². The second kappa shape index (κ2) is 8.15. The summed E-state index contributed by atoms with van der Waals surface area (Å²) in [6.07, 6.45) is 1.55. The number of ether oxygens (including phenoxy) is 1. The topological polar surface area (TPSA) is 59.1 Å². The standard InChI is InChI=1S/C20H22N4O/c1-3-25-18-10-8-17(9-11-18)24-20-12-19(22-14-23-20)21-13-16-6-4-15(2)5-7-16/h4-12,14H,3,13H2,1-2H3,(H2,21,22,23,24). The third kappa shape index (κ3) is 4.94. The largest absolute Gasteiger partial charge is 0.494 e. The van der Waals surface area contributed by atoms with Crippen molar-refractivity contribution < 1.29 is 4.74 Å². The molecule has 5 heteroatoms. The Kier molecular flexibility index (Phi) is 5.46. The van der Waals surface area contributed by atoms with Gasteiger partial charge in [-0.2, -0.15) is 0 Å². The molecular weight excluding hydrogens is 312 g/mol. The van der Waals surface area contributed by atoms with Gasteiger partial charge in [-0.3, -0.25) is 0 Å². The van der Waals surface area contributed by atoms with Gasteiger partial charge in [0.1, 0.15) is 23.7 Å². The molecule has 0 bridgehead atoms. The highest BCUT2D eigenvalue weighted by molar-refractivity contribution is 5.59. The van der Waals surface area contributed by atoms with Crippen LogP contribution in [0.25, 0.3) is 0 Å². The van der Waals surface area contributed by atoms with E-state index in [4.69, 9.17) is 4.74 Å². The van der Waals surface area contributed by atoms with Crippen molar-refractivity contribution in [3.63, 3.8) is 0 Å². The quantitative estimate of drug-likeness (QED) is 0.664. The number of aromatic nitrogens is 2. The molecular formula is C20H22N4O. The van der Waals surface area contributed by atoms with E-state index in [0.717, 1.165) is 29.6 Å². The van der Waals surface area contributed by atoms with Gasteiger partial charge in [0.15, 0.2) is 0 Å². The third-order valence-corrected chi connectivity index (χ3v) is 3.70. The molecule has 3 aromatic rings. The van der Waals surface area contributed by atoms with Gasteiger partial charge in [0.05, 0.1) is 6.61 Å². The molecule has 0 saturated carbocycles. The summed E-state index contributed by atoms with van der Waals surface area (Å²) in [4.78, 5) is 8.54. The normalized spacial score (nSPS) is 10.3. The minimum absolute atomic E-state index is 0.661. The Morgan fingerprint density at radius 3 is 2.36 bits per heavy atom. The number of aryl methyl sites for hydroxylation is 1. The summed E-state index contributed by atoms with van der Waals surface area (Å²) in [5.41, 5.74) is 3.42. The molecule has 2 aromatic carbocycles. The minimum Gasteiger partial charge on any atom is -0.494 e. The van der Waals surface area contributed by atoms with E-state index in [1.807, 2.05) is 37.3 Å². The smallest absolute Gasteiger partial charge is 0.135 e. The molecule has 0 atom stereocenters. The van der Waals surface area contributed by atoms with E-state index in [1.165, 1.54) is 11.1 Å². The monoisotopic (exact) mass is 334 g/mol. The average molecular weight is 334 g/mol. The number of rotatable bonds is 7. The van der Waals surface area contributed by atoms with Crippen LogP contribution < -0.4 is 15.4 Å². The van der Waals surface area contributed by atoms with Crippen LogP contribution in [-0.4, -0.2) is 16.6 Å². The molecule has 0 aliphatic rings. The molecule has 0 saturated heterocycles. The molecule has 2 N–H and O–H groups in total. The Morgan fingerprint density at radius 1 is 0.920 bits per heavy atom. The molecule has 128 valence electrons. The first kappa shape index (κ1) is 16.8. The van der Waals surface area contributed by atoms with E-state index < -0.39 is 0 Å². The Labute approximate surface area is 148 Å². The summed E-state index contributed by atoms with van der Waals surface area (Å²) in [6, 6.07) is 18.1. The zero-order valence-corrected chi connectivity index (χ0v) is 14.5. The Morgan fingerprint density at radius 2 is 1.64 bits per heavy atom. The van der Waals surface area contributed by atoms with Crippen LogP contribution in [0, 0.1) is 6.92 Å². The Balaban J connectivity index is 1.61. The number of hydrogen-bond acceptors (Lipinski definition) is 5. The van der Waals surface area contributed by atoms with Crippen molar-refractivity contribution in [1.82, 2.24) is 9.97 Å². The van der Waals surface area contributed by atoms with E-state index in [1.54, 1.807) is 6.33 Å². The van der Waals surface area contributed by atoms with Crippen LogP contribution in [0.2, 0.25) is 0 Å². The predicted molar refractivity (Wildman–Crippen MR) is 101 cm³/mol. The van der Waals surface area contributed by atoms with Crippen molar-refractivity contribution in [2.75, 3.05) is 17.2 Å². The van der Waals surface area contributed by atoms with Gasteiger partial charge in [-0.25, -0.2) is 9.97 Å². The van der Waals surface area contributed by atoms with Gasteiger partial charge in [-0.05, 0) is 43.7 Å². The van der Waals surface area contributed by atoms with Gasteiger partial charge in [0.2, 0.25) is 0 Å². The Bertz CT molecular complexity index is 801. The summed E-state index contributed by atoms with van der Waals surface area (Å²) < 4.78 is 5.45. The van der Waals surface area contributed by atoms with Crippen LogP contribution in [-0.2, 0) is 6.54 Å². The fraction of sp³-hybridized carbons (Fsp3) is 0.200. The van der Waals surface area contributed by atoms with Crippen LogP contribution in [0.5, 0.6) is 5.75 Å². The zero-order valence-electron chi connectivity index (χ0n) is 14.5. The van der Waals surface area contributed by atoms with Crippen LogP contribution in [0.4, 0.5) is 17.3 Å². The average Bonchev–Trinajstić information content (AvgIpc) is 2.64. The maximum atomic E-state index is 5.45. The number of anilines is 3. The highest BCUT2D eigenvalue weighted by atomic mass is 16.5. The molecule has 5 nitrogen and oxygen atoms in total. The minimum atomic E-state index is 0.661. The zero-order chi connectivity index (χ0) is 17.5. The summed E-state index contributed by atoms with van der Waals surface area (Å²) in [5.74, 6) is 2.38. The second-order valence-electron chi connectivity index (χ2n) is 5.71. The SMILES string of the molecule is CCOc1ccc(Nc2cc(NCc3ccc(C)cc3)ncn2)cc1.